The molecule has 114 valence electrons. The van der Waals surface area contributed by atoms with Crippen LogP contribution < -0.4 is 0 Å². The van der Waals surface area contributed by atoms with Gasteiger partial charge in [0.2, 0.25) is 0 Å². The number of hydrogen-bond donors (Lipinski definition) is 1. The number of amides is 2. The van der Waals surface area contributed by atoms with Crippen molar-refractivity contribution in [3.05, 3.63) is 65.6 Å². The minimum atomic E-state index is -0.266. The molecule has 6 nitrogen and oxygen atoms in total. The Kier molecular flexibility index (Phi) is 2.90. The third-order valence-electron chi connectivity index (χ3n) is 3.98. The Bertz CT molecular complexity index is 910. The molecule has 1 N–H and O–H groups in total. The van der Waals surface area contributed by atoms with Gasteiger partial charge in [0, 0.05) is 25.4 Å². The second kappa shape index (κ2) is 4.95. The maximum Gasteiger partial charge on any atom is 0.261 e. The van der Waals surface area contributed by atoms with Gasteiger partial charge in [0.1, 0.15) is 0 Å². The van der Waals surface area contributed by atoms with E-state index < -0.39 is 0 Å². The van der Waals surface area contributed by atoms with Crippen LogP contribution in [0.2, 0.25) is 0 Å². The molecule has 3 heterocycles. The summed E-state index contributed by atoms with van der Waals surface area (Å²) in [4.78, 5) is 30.2. The Morgan fingerprint density at radius 1 is 1.00 bits per heavy atom. The fourth-order valence-corrected chi connectivity index (χ4v) is 2.84. The molecule has 0 aliphatic carbocycles. The molecule has 6 heteroatoms. The fourth-order valence-electron chi connectivity index (χ4n) is 2.84. The summed E-state index contributed by atoms with van der Waals surface area (Å²) in [5, 5.41) is 9.76. The normalized spacial score (nSPS) is 13.8. The molecule has 4 rings (SSSR count). The Morgan fingerprint density at radius 3 is 2.35 bits per heavy atom. The summed E-state index contributed by atoms with van der Waals surface area (Å²) in [6.07, 6.45) is 4.01. The van der Waals surface area contributed by atoms with Crippen molar-refractivity contribution in [1.29, 1.82) is 0 Å². The molecular formula is C17H13N3O3. The molecule has 0 unspecified atom stereocenters. The van der Waals surface area contributed by atoms with Gasteiger partial charge in [-0.3, -0.25) is 14.5 Å². The molecule has 1 aromatic carbocycles. The second-order valence-corrected chi connectivity index (χ2v) is 5.41. The number of fused-ring (bicyclic) bond motifs is 2. The van der Waals surface area contributed by atoms with Gasteiger partial charge >= 0.3 is 0 Å². The second-order valence-electron chi connectivity index (χ2n) is 5.41. The molecule has 3 aromatic rings. The van der Waals surface area contributed by atoms with Crippen LogP contribution in [0.1, 0.15) is 26.4 Å². The SMILES string of the molecule is O=C1c2ccccc2C(=O)N1CCc1cn2cccc(O)c2n1. The van der Waals surface area contributed by atoms with Gasteiger partial charge in [0.05, 0.1) is 16.8 Å². The van der Waals surface area contributed by atoms with Gasteiger partial charge < -0.3 is 9.51 Å². The van der Waals surface area contributed by atoms with Crippen LogP contribution in [-0.4, -0.2) is 37.8 Å². The van der Waals surface area contributed by atoms with Crippen LogP contribution in [0.15, 0.2) is 48.8 Å². The smallest absolute Gasteiger partial charge is 0.261 e. The third kappa shape index (κ3) is 2.07. The summed E-state index contributed by atoms with van der Waals surface area (Å²) in [6, 6.07) is 10.1. The molecular weight excluding hydrogens is 294 g/mol. The van der Waals surface area contributed by atoms with Gasteiger partial charge in [-0.2, -0.15) is 0 Å². The lowest BCUT2D eigenvalue weighted by Gasteiger charge is -2.12. The summed E-state index contributed by atoms with van der Waals surface area (Å²) in [5.74, 6) is -0.436. The first kappa shape index (κ1) is 13.5. The van der Waals surface area contributed by atoms with Crippen molar-refractivity contribution >= 4 is 17.5 Å². The van der Waals surface area contributed by atoms with Crippen LogP contribution in [0.25, 0.3) is 5.65 Å². The van der Waals surface area contributed by atoms with Crippen molar-refractivity contribution in [2.24, 2.45) is 0 Å². The van der Waals surface area contributed by atoms with E-state index in [4.69, 9.17) is 0 Å². The molecule has 0 radical (unpaired) electrons. The number of aromatic hydroxyl groups is 1. The van der Waals surface area contributed by atoms with E-state index in [9.17, 15) is 14.7 Å². The van der Waals surface area contributed by atoms with E-state index in [1.165, 1.54) is 4.90 Å². The van der Waals surface area contributed by atoms with E-state index in [0.717, 1.165) is 0 Å². The predicted molar refractivity (Wildman–Crippen MR) is 82.4 cm³/mol. The Morgan fingerprint density at radius 2 is 1.70 bits per heavy atom. The standard InChI is InChI=1S/C17H13N3O3/c21-14-6-3-8-19-10-11(18-15(14)19)7-9-20-16(22)12-4-1-2-5-13(12)17(20)23/h1-6,8,10,21H,7,9H2. The molecule has 1 aliphatic rings. The van der Waals surface area contributed by atoms with Crippen molar-refractivity contribution in [3.63, 3.8) is 0 Å². The first-order chi connectivity index (χ1) is 11.1. The zero-order chi connectivity index (χ0) is 16.0. The van der Waals surface area contributed by atoms with E-state index in [0.29, 0.717) is 28.9 Å². The summed E-state index contributed by atoms with van der Waals surface area (Å²) in [7, 11) is 0. The van der Waals surface area contributed by atoms with Crippen LogP contribution in [0.4, 0.5) is 0 Å². The molecule has 2 amide bonds. The topological polar surface area (TPSA) is 74.9 Å². The fraction of sp³-hybridized carbons (Fsp3) is 0.118. The number of imide groups is 1. The number of pyridine rings is 1. The van der Waals surface area contributed by atoms with Gasteiger partial charge in [0.15, 0.2) is 11.4 Å². The first-order valence-electron chi connectivity index (χ1n) is 7.26. The minimum Gasteiger partial charge on any atom is -0.504 e. The van der Waals surface area contributed by atoms with E-state index in [1.807, 2.05) is 0 Å². The molecule has 0 saturated carbocycles. The van der Waals surface area contributed by atoms with E-state index in [2.05, 4.69) is 4.98 Å². The van der Waals surface area contributed by atoms with Gasteiger partial charge in [-0.05, 0) is 24.3 Å². The van der Waals surface area contributed by atoms with Crippen LogP contribution in [0, 0.1) is 0 Å². The Hall–Kier alpha value is -3.15. The Balaban J connectivity index is 1.56. The highest BCUT2D eigenvalue weighted by molar-refractivity contribution is 6.21. The van der Waals surface area contributed by atoms with Crippen molar-refractivity contribution in [2.45, 2.75) is 6.42 Å². The number of hydrogen-bond acceptors (Lipinski definition) is 4. The van der Waals surface area contributed by atoms with Gasteiger partial charge in [0.25, 0.3) is 11.8 Å². The minimum absolute atomic E-state index is 0.0967. The van der Waals surface area contributed by atoms with Crippen molar-refractivity contribution < 1.29 is 14.7 Å². The van der Waals surface area contributed by atoms with Gasteiger partial charge in [-0.1, -0.05) is 12.1 Å². The van der Waals surface area contributed by atoms with Crippen molar-refractivity contribution in [3.8, 4) is 5.75 Å². The van der Waals surface area contributed by atoms with E-state index in [-0.39, 0.29) is 24.1 Å². The summed E-state index contributed by atoms with van der Waals surface area (Å²) < 4.78 is 1.72. The van der Waals surface area contributed by atoms with Crippen molar-refractivity contribution in [2.75, 3.05) is 6.54 Å². The van der Waals surface area contributed by atoms with Crippen molar-refractivity contribution in [1.82, 2.24) is 14.3 Å². The summed E-state index contributed by atoms with van der Waals surface area (Å²) in [6.45, 7) is 0.261. The molecule has 0 saturated heterocycles. The average Bonchev–Trinajstić information content (AvgIpc) is 3.08. The molecule has 0 spiro atoms. The van der Waals surface area contributed by atoms with Crippen LogP contribution in [-0.2, 0) is 6.42 Å². The molecule has 0 bridgehead atoms. The molecule has 0 atom stereocenters. The number of rotatable bonds is 3. The highest BCUT2D eigenvalue weighted by Gasteiger charge is 2.34. The first-order valence-corrected chi connectivity index (χ1v) is 7.26. The van der Waals surface area contributed by atoms with Gasteiger partial charge in [-0.25, -0.2) is 4.98 Å². The van der Waals surface area contributed by atoms with E-state index in [1.54, 1.807) is 53.2 Å². The number of imidazole rings is 1. The van der Waals surface area contributed by atoms with Crippen LogP contribution in [0.5, 0.6) is 5.75 Å². The predicted octanol–water partition coefficient (Wildman–Crippen LogP) is 1.88. The lowest BCUT2D eigenvalue weighted by atomic mass is 10.1. The molecule has 0 fully saturated rings. The highest BCUT2D eigenvalue weighted by atomic mass is 16.3. The quantitative estimate of drug-likeness (QED) is 0.750. The summed E-state index contributed by atoms with van der Waals surface area (Å²) in [5.41, 5.74) is 2.07. The van der Waals surface area contributed by atoms with Crippen LogP contribution in [0.3, 0.4) is 0 Å². The third-order valence-corrected chi connectivity index (χ3v) is 3.98. The zero-order valence-corrected chi connectivity index (χ0v) is 12.1. The average molecular weight is 307 g/mol. The largest absolute Gasteiger partial charge is 0.504 e. The zero-order valence-electron chi connectivity index (χ0n) is 12.1. The van der Waals surface area contributed by atoms with Crippen LogP contribution >= 0.6 is 0 Å². The maximum atomic E-state index is 12.3. The number of aromatic nitrogens is 2. The molecule has 2 aromatic heterocycles. The molecule has 1 aliphatic heterocycles. The number of carbonyl (C=O) groups is 2. The lowest BCUT2D eigenvalue weighted by Crippen LogP contribution is -2.31. The number of carbonyl (C=O) groups excluding carboxylic acids is 2. The highest BCUT2D eigenvalue weighted by Crippen LogP contribution is 2.23. The maximum absolute atomic E-state index is 12.3. The summed E-state index contributed by atoms with van der Waals surface area (Å²) >= 11 is 0. The lowest BCUT2D eigenvalue weighted by molar-refractivity contribution is 0.0656. The molecule has 23 heavy (non-hydrogen) atoms. The van der Waals surface area contributed by atoms with Gasteiger partial charge in [-0.15, -0.1) is 0 Å². The number of benzene rings is 1. The monoisotopic (exact) mass is 307 g/mol. The van der Waals surface area contributed by atoms with E-state index >= 15 is 0 Å². The Labute approximate surface area is 131 Å². The number of nitrogens with zero attached hydrogens (tertiary/aromatic N) is 3.